The molecule has 12 heavy (non-hydrogen) atoms. The zero-order chi connectivity index (χ0) is 8.97. The van der Waals surface area contributed by atoms with Crippen molar-refractivity contribution in [3.8, 4) is 0 Å². The molecule has 5 nitrogen and oxygen atoms in total. The third kappa shape index (κ3) is 2.60. The number of aliphatic hydroxyl groups is 2. The van der Waals surface area contributed by atoms with Crippen LogP contribution in [0.5, 0.6) is 0 Å². The smallest absolute Gasteiger partial charge is 0.108 e. The van der Waals surface area contributed by atoms with Gasteiger partial charge in [0.15, 0.2) is 0 Å². The molecule has 0 aliphatic rings. The van der Waals surface area contributed by atoms with Gasteiger partial charge in [-0.05, 0) is 13.3 Å². The fourth-order valence-corrected chi connectivity index (χ4v) is 0.839. The second-order valence-corrected chi connectivity index (χ2v) is 2.77. The van der Waals surface area contributed by atoms with Crippen LogP contribution in [0.1, 0.15) is 19.0 Å². The minimum Gasteiger partial charge on any atom is -0.393 e. The Morgan fingerprint density at radius 3 is 2.92 bits per heavy atom. The molecule has 0 amide bonds. The zero-order valence-corrected chi connectivity index (χ0v) is 7.01. The molecule has 0 aliphatic heterocycles. The number of aromatic nitrogens is 3. The molecular formula is C7H13N3O2. The fraction of sp³-hybridized carbons (Fsp3) is 0.714. The van der Waals surface area contributed by atoms with Gasteiger partial charge in [0.25, 0.3) is 0 Å². The van der Waals surface area contributed by atoms with Gasteiger partial charge in [-0.25, -0.2) is 0 Å². The number of aryl methyl sites for hydroxylation is 1. The summed E-state index contributed by atoms with van der Waals surface area (Å²) >= 11 is 0. The highest BCUT2D eigenvalue weighted by Crippen LogP contribution is 1.96. The van der Waals surface area contributed by atoms with E-state index in [9.17, 15) is 0 Å². The summed E-state index contributed by atoms with van der Waals surface area (Å²) in [4.78, 5) is 0. The Labute approximate surface area is 70.6 Å². The van der Waals surface area contributed by atoms with Crippen LogP contribution in [0.25, 0.3) is 0 Å². The van der Waals surface area contributed by atoms with Crippen molar-refractivity contribution < 1.29 is 10.2 Å². The van der Waals surface area contributed by atoms with E-state index >= 15 is 0 Å². The number of hydrogen-bond acceptors (Lipinski definition) is 4. The Kier molecular flexibility index (Phi) is 3.19. The van der Waals surface area contributed by atoms with Crippen LogP contribution < -0.4 is 0 Å². The zero-order valence-electron chi connectivity index (χ0n) is 7.01. The molecule has 1 unspecified atom stereocenters. The normalized spacial score (nSPS) is 13.2. The molecule has 1 aromatic rings. The van der Waals surface area contributed by atoms with Crippen LogP contribution >= 0.6 is 0 Å². The largest absolute Gasteiger partial charge is 0.393 e. The van der Waals surface area contributed by atoms with Crippen LogP contribution in [0.15, 0.2) is 6.20 Å². The third-order valence-corrected chi connectivity index (χ3v) is 1.52. The molecule has 0 aromatic carbocycles. The number of rotatable bonds is 4. The van der Waals surface area contributed by atoms with Crippen LogP contribution in [0.4, 0.5) is 0 Å². The lowest BCUT2D eigenvalue weighted by Gasteiger charge is -2.01. The molecule has 68 valence electrons. The second kappa shape index (κ2) is 4.18. The van der Waals surface area contributed by atoms with Gasteiger partial charge in [-0.3, -0.25) is 4.68 Å². The summed E-state index contributed by atoms with van der Waals surface area (Å²) < 4.78 is 1.61. The Bertz CT molecular complexity index is 234. The van der Waals surface area contributed by atoms with Gasteiger partial charge in [-0.2, -0.15) is 0 Å². The first-order valence-corrected chi connectivity index (χ1v) is 3.90. The van der Waals surface area contributed by atoms with Crippen molar-refractivity contribution >= 4 is 0 Å². The molecular weight excluding hydrogens is 158 g/mol. The van der Waals surface area contributed by atoms with Crippen LogP contribution in [0.3, 0.4) is 0 Å². The third-order valence-electron chi connectivity index (χ3n) is 1.52. The standard InChI is InChI=1S/C7H13N3O2/c1-6(12)2-3-10-4-7(5-11)8-9-10/h4,6,11-12H,2-3,5H2,1H3. The van der Waals surface area contributed by atoms with Crippen LogP contribution in [0.2, 0.25) is 0 Å². The van der Waals surface area contributed by atoms with E-state index in [1.54, 1.807) is 17.8 Å². The van der Waals surface area contributed by atoms with Crippen molar-refractivity contribution in [1.82, 2.24) is 15.0 Å². The molecule has 0 aliphatic carbocycles. The summed E-state index contributed by atoms with van der Waals surface area (Å²) in [6.07, 6.45) is 1.99. The van der Waals surface area contributed by atoms with Gasteiger partial charge in [0.05, 0.1) is 18.9 Å². The number of hydrogen-bond donors (Lipinski definition) is 2. The molecule has 0 radical (unpaired) electrons. The maximum Gasteiger partial charge on any atom is 0.108 e. The summed E-state index contributed by atoms with van der Waals surface area (Å²) in [5, 5.41) is 25.1. The van der Waals surface area contributed by atoms with Gasteiger partial charge in [-0.1, -0.05) is 5.21 Å². The summed E-state index contributed by atoms with van der Waals surface area (Å²) in [6, 6.07) is 0. The van der Waals surface area contributed by atoms with Gasteiger partial charge in [0, 0.05) is 6.54 Å². The molecule has 0 fully saturated rings. The molecule has 0 saturated carbocycles. The first-order chi connectivity index (χ1) is 5.72. The van der Waals surface area contributed by atoms with Crippen molar-refractivity contribution in [3.05, 3.63) is 11.9 Å². The SMILES string of the molecule is CC(O)CCn1cc(CO)nn1. The van der Waals surface area contributed by atoms with Crippen LogP contribution in [-0.2, 0) is 13.2 Å². The van der Waals surface area contributed by atoms with E-state index in [1.165, 1.54) is 0 Å². The Balaban J connectivity index is 2.41. The Morgan fingerprint density at radius 2 is 2.42 bits per heavy atom. The molecule has 5 heteroatoms. The predicted molar refractivity (Wildman–Crippen MR) is 42.2 cm³/mol. The second-order valence-electron chi connectivity index (χ2n) is 2.77. The topological polar surface area (TPSA) is 71.2 Å². The molecule has 1 rings (SSSR count). The average Bonchev–Trinajstić information content (AvgIpc) is 2.48. The molecule has 1 heterocycles. The lowest BCUT2D eigenvalue weighted by atomic mass is 10.3. The van der Waals surface area contributed by atoms with E-state index in [0.717, 1.165) is 0 Å². The van der Waals surface area contributed by atoms with E-state index in [-0.39, 0.29) is 12.7 Å². The summed E-state index contributed by atoms with van der Waals surface area (Å²) in [5.41, 5.74) is 0.556. The highest BCUT2D eigenvalue weighted by molar-refractivity contribution is 4.88. The highest BCUT2D eigenvalue weighted by Gasteiger charge is 2.00. The molecule has 1 atom stereocenters. The molecule has 0 spiro atoms. The average molecular weight is 171 g/mol. The van der Waals surface area contributed by atoms with Crippen molar-refractivity contribution in [2.24, 2.45) is 0 Å². The lowest BCUT2D eigenvalue weighted by molar-refractivity contribution is 0.176. The van der Waals surface area contributed by atoms with Gasteiger partial charge >= 0.3 is 0 Å². The molecule has 1 aromatic heterocycles. The first kappa shape index (κ1) is 9.15. The molecule has 2 N–H and O–H groups in total. The van der Waals surface area contributed by atoms with Crippen molar-refractivity contribution in [1.29, 1.82) is 0 Å². The van der Waals surface area contributed by atoms with E-state index in [2.05, 4.69) is 10.3 Å². The quantitative estimate of drug-likeness (QED) is 0.643. The fourth-order valence-electron chi connectivity index (χ4n) is 0.839. The van der Waals surface area contributed by atoms with Crippen molar-refractivity contribution in [2.45, 2.75) is 32.6 Å². The summed E-state index contributed by atoms with van der Waals surface area (Å²) in [7, 11) is 0. The van der Waals surface area contributed by atoms with Crippen molar-refractivity contribution in [3.63, 3.8) is 0 Å². The maximum atomic E-state index is 8.97. The van der Waals surface area contributed by atoms with E-state index in [1.807, 2.05) is 0 Å². The summed E-state index contributed by atoms with van der Waals surface area (Å²) in [5.74, 6) is 0. The number of aliphatic hydroxyl groups excluding tert-OH is 2. The Hall–Kier alpha value is -0.940. The van der Waals surface area contributed by atoms with E-state index in [4.69, 9.17) is 10.2 Å². The highest BCUT2D eigenvalue weighted by atomic mass is 16.3. The lowest BCUT2D eigenvalue weighted by Crippen LogP contribution is -2.07. The van der Waals surface area contributed by atoms with Crippen molar-refractivity contribution in [2.75, 3.05) is 0 Å². The number of nitrogens with zero attached hydrogens (tertiary/aromatic N) is 3. The molecule has 0 bridgehead atoms. The van der Waals surface area contributed by atoms with Gasteiger partial charge in [-0.15, -0.1) is 5.10 Å². The summed E-state index contributed by atoms with van der Waals surface area (Å²) in [6.45, 7) is 2.27. The van der Waals surface area contributed by atoms with Gasteiger partial charge < -0.3 is 10.2 Å². The van der Waals surface area contributed by atoms with Gasteiger partial charge in [0.1, 0.15) is 5.69 Å². The minimum absolute atomic E-state index is 0.0886. The monoisotopic (exact) mass is 171 g/mol. The maximum absolute atomic E-state index is 8.97. The van der Waals surface area contributed by atoms with Gasteiger partial charge in [0.2, 0.25) is 0 Å². The van der Waals surface area contributed by atoms with Crippen LogP contribution in [-0.4, -0.2) is 31.3 Å². The molecule has 0 saturated heterocycles. The first-order valence-electron chi connectivity index (χ1n) is 3.90. The minimum atomic E-state index is -0.327. The van der Waals surface area contributed by atoms with Crippen LogP contribution in [0, 0.1) is 0 Å². The Morgan fingerprint density at radius 1 is 1.67 bits per heavy atom. The van der Waals surface area contributed by atoms with E-state index in [0.29, 0.717) is 18.7 Å². The van der Waals surface area contributed by atoms with E-state index < -0.39 is 0 Å². The predicted octanol–water partition coefficient (Wildman–Crippen LogP) is -0.459.